The maximum Gasteiger partial charge on any atom is 0.260 e. The molecule has 0 aliphatic rings. The highest BCUT2D eigenvalue weighted by Crippen LogP contribution is 2.32. The maximum atomic E-state index is 13.3. The Morgan fingerprint density at radius 2 is 1.80 bits per heavy atom. The van der Waals surface area contributed by atoms with E-state index in [1.807, 2.05) is 56.6 Å². The van der Waals surface area contributed by atoms with Crippen molar-refractivity contribution < 1.29 is 14.3 Å². The molecule has 0 unspecified atom stereocenters. The van der Waals surface area contributed by atoms with Gasteiger partial charge in [0.05, 0.1) is 23.9 Å². The molecule has 0 saturated carbocycles. The fourth-order valence-corrected chi connectivity index (χ4v) is 3.92. The highest BCUT2D eigenvalue weighted by atomic mass is 32.1. The minimum Gasteiger partial charge on any atom is -0.497 e. The number of carbonyl (C=O) groups excluding carboxylic acids is 1. The van der Waals surface area contributed by atoms with Crippen LogP contribution in [0.5, 0.6) is 11.5 Å². The molecule has 0 bridgehead atoms. The molecule has 6 nitrogen and oxygen atoms in total. The third-order valence-electron chi connectivity index (χ3n) is 4.70. The van der Waals surface area contributed by atoms with Crippen LogP contribution in [0.25, 0.3) is 10.2 Å². The van der Waals surface area contributed by atoms with Crippen LogP contribution in [0, 0.1) is 0 Å². The standard InChI is InChI=1S/C23H29N3O3S/c1-5-6-15-29-18-9-7-17(8-10-18)22(27)26(14-13-25(2)3)23-24-20-12-11-19(28-4)16-21(20)30-23/h7-12,16H,5-6,13-15H2,1-4H3. The first-order valence-electron chi connectivity index (χ1n) is 10.2. The first kappa shape index (κ1) is 22.1. The minimum absolute atomic E-state index is 0.0667. The number of aromatic nitrogens is 1. The number of fused-ring (bicyclic) bond motifs is 1. The number of hydrogen-bond donors (Lipinski definition) is 0. The second kappa shape index (κ2) is 10.4. The van der Waals surface area contributed by atoms with Gasteiger partial charge in [0.15, 0.2) is 5.13 Å². The molecule has 3 aromatic rings. The van der Waals surface area contributed by atoms with E-state index < -0.39 is 0 Å². The third kappa shape index (κ3) is 5.49. The molecule has 0 aliphatic carbocycles. The number of thiazole rings is 1. The molecule has 0 spiro atoms. The third-order valence-corrected chi connectivity index (χ3v) is 5.74. The van der Waals surface area contributed by atoms with Crippen molar-refractivity contribution in [3.8, 4) is 11.5 Å². The molecular weight excluding hydrogens is 398 g/mol. The molecule has 0 saturated heterocycles. The predicted molar refractivity (Wildman–Crippen MR) is 123 cm³/mol. The highest BCUT2D eigenvalue weighted by Gasteiger charge is 2.21. The van der Waals surface area contributed by atoms with Gasteiger partial charge in [-0.05, 0) is 63.0 Å². The average molecular weight is 428 g/mol. The number of unbranched alkanes of at least 4 members (excludes halogenated alkanes) is 1. The smallest absolute Gasteiger partial charge is 0.260 e. The molecule has 1 aromatic heterocycles. The molecule has 1 amide bonds. The van der Waals surface area contributed by atoms with Gasteiger partial charge in [0, 0.05) is 18.7 Å². The van der Waals surface area contributed by atoms with Crippen LogP contribution in [0.1, 0.15) is 30.1 Å². The van der Waals surface area contributed by atoms with E-state index in [2.05, 4.69) is 11.8 Å². The van der Waals surface area contributed by atoms with Gasteiger partial charge in [0.25, 0.3) is 5.91 Å². The summed E-state index contributed by atoms with van der Waals surface area (Å²) in [6, 6.07) is 13.1. The molecule has 160 valence electrons. The second-order valence-corrected chi connectivity index (χ2v) is 8.33. The van der Waals surface area contributed by atoms with Crippen molar-refractivity contribution in [3.05, 3.63) is 48.0 Å². The zero-order valence-electron chi connectivity index (χ0n) is 18.1. The molecule has 7 heteroatoms. The Balaban J connectivity index is 1.84. The Morgan fingerprint density at radius 1 is 1.07 bits per heavy atom. The van der Waals surface area contributed by atoms with Gasteiger partial charge in [-0.2, -0.15) is 0 Å². The van der Waals surface area contributed by atoms with Crippen molar-refractivity contribution in [1.29, 1.82) is 0 Å². The first-order chi connectivity index (χ1) is 14.5. The highest BCUT2D eigenvalue weighted by molar-refractivity contribution is 7.22. The van der Waals surface area contributed by atoms with E-state index in [0.717, 1.165) is 41.1 Å². The monoisotopic (exact) mass is 427 g/mol. The van der Waals surface area contributed by atoms with Gasteiger partial charge in [0.2, 0.25) is 0 Å². The molecular formula is C23H29N3O3S. The summed E-state index contributed by atoms with van der Waals surface area (Å²) in [5.41, 5.74) is 1.48. The zero-order chi connectivity index (χ0) is 21.5. The van der Waals surface area contributed by atoms with E-state index in [0.29, 0.717) is 23.8 Å². The second-order valence-electron chi connectivity index (χ2n) is 7.32. The Bertz CT molecular complexity index is 969. The van der Waals surface area contributed by atoms with E-state index in [4.69, 9.17) is 14.5 Å². The Kier molecular flexibility index (Phi) is 7.65. The van der Waals surface area contributed by atoms with Crippen LogP contribution in [-0.4, -0.2) is 56.7 Å². The predicted octanol–water partition coefficient (Wildman–Crippen LogP) is 4.69. The van der Waals surface area contributed by atoms with E-state index in [9.17, 15) is 4.79 Å². The summed E-state index contributed by atoms with van der Waals surface area (Å²) in [5, 5.41) is 0.688. The van der Waals surface area contributed by atoms with Crippen LogP contribution in [0.3, 0.4) is 0 Å². The normalized spacial score (nSPS) is 11.1. The first-order valence-corrected chi connectivity index (χ1v) is 11.0. The summed E-state index contributed by atoms with van der Waals surface area (Å²) in [6.45, 7) is 4.11. The van der Waals surface area contributed by atoms with Gasteiger partial charge < -0.3 is 14.4 Å². The largest absolute Gasteiger partial charge is 0.497 e. The molecule has 1 heterocycles. The molecule has 0 aliphatic heterocycles. The van der Waals surface area contributed by atoms with Crippen molar-refractivity contribution in [3.63, 3.8) is 0 Å². The van der Waals surface area contributed by atoms with Crippen LogP contribution < -0.4 is 14.4 Å². The van der Waals surface area contributed by atoms with E-state index in [1.165, 1.54) is 11.3 Å². The lowest BCUT2D eigenvalue weighted by Crippen LogP contribution is -2.36. The van der Waals surface area contributed by atoms with Crippen LogP contribution in [0.15, 0.2) is 42.5 Å². The van der Waals surface area contributed by atoms with Gasteiger partial charge >= 0.3 is 0 Å². The summed E-state index contributed by atoms with van der Waals surface area (Å²) in [4.78, 5) is 21.9. The number of rotatable bonds is 10. The number of likely N-dealkylation sites (N-methyl/N-ethyl adjacent to an activating group) is 1. The van der Waals surface area contributed by atoms with Crippen molar-refractivity contribution >= 4 is 32.6 Å². The molecule has 0 N–H and O–H groups in total. The number of anilines is 1. The fourth-order valence-electron chi connectivity index (χ4n) is 2.90. The Morgan fingerprint density at radius 3 is 2.47 bits per heavy atom. The summed E-state index contributed by atoms with van der Waals surface area (Å²) in [6.07, 6.45) is 2.10. The quantitative estimate of drug-likeness (QED) is 0.439. The van der Waals surface area contributed by atoms with E-state index in [1.54, 1.807) is 12.0 Å². The van der Waals surface area contributed by atoms with Gasteiger partial charge in [-0.1, -0.05) is 24.7 Å². The van der Waals surface area contributed by atoms with E-state index in [-0.39, 0.29) is 5.91 Å². The van der Waals surface area contributed by atoms with Crippen molar-refractivity contribution in [2.75, 3.05) is 45.8 Å². The SMILES string of the molecule is CCCCOc1ccc(C(=O)N(CCN(C)C)c2nc3ccc(OC)cc3s2)cc1. The fraction of sp³-hybridized carbons (Fsp3) is 0.391. The molecule has 0 radical (unpaired) electrons. The molecule has 0 atom stereocenters. The van der Waals surface area contributed by atoms with Crippen LogP contribution in [-0.2, 0) is 0 Å². The number of amides is 1. The Labute approximate surface area is 182 Å². The number of methoxy groups -OCH3 is 1. The lowest BCUT2D eigenvalue weighted by molar-refractivity contribution is 0.0985. The van der Waals surface area contributed by atoms with Gasteiger partial charge in [-0.15, -0.1) is 0 Å². The van der Waals surface area contributed by atoms with Crippen molar-refractivity contribution in [2.45, 2.75) is 19.8 Å². The lowest BCUT2D eigenvalue weighted by atomic mass is 10.2. The maximum absolute atomic E-state index is 13.3. The summed E-state index contributed by atoms with van der Waals surface area (Å²) in [7, 11) is 5.63. The van der Waals surface area contributed by atoms with Gasteiger partial charge in [-0.25, -0.2) is 4.98 Å². The number of carbonyl (C=O) groups is 1. The number of ether oxygens (including phenoxy) is 2. The van der Waals surface area contributed by atoms with Crippen LogP contribution in [0.2, 0.25) is 0 Å². The van der Waals surface area contributed by atoms with Gasteiger partial charge in [0.1, 0.15) is 11.5 Å². The molecule has 2 aromatic carbocycles. The summed E-state index contributed by atoms with van der Waals surface area (Å²) >= 11 is 1.50. The number of hydrogen-bond acceptors (Lipinski definition) is 6. The lowest BCUT2D eigenvalue weighted by Gasteiger charge is -2.22. The topological polar surface area (TPSA) is 54.9 Å². The molecule has 0 fully saturated rings. The average Bonchev–Trinajstić information content (AvgIpc) is 3.17. The van der Waals surface area contributed by atoms with Crippen LogP contribution >= 0.6 is 11.3 Å². The van der Waals surface area contributed by atoms with Crippen LogP contribution in [0.4, 0.5) is 5.13 Å². The Hall–Kier alpha value is -2.64. The summed E-state index contributed by atoms with van der Waals surface area (Å²) < 4.78 is 12.0. The van der Waals surface area contributed by atoms with E-state index >= 15 is 0 Å². The number of nitrogens with zero attached hydrogens (tertiary/aromatic N) is 3. The number of benzene rings is 2. The van der Waals surface area contributed by atoms with Crippen molar-refractivity contribution in [2.24, 2.45) is 0 Å². The molecule has 3 rings (SSSR count). The zero-order valence-corrected chi connectivity index (χ0v) is 18.9. The molecule has 30 heavy (non-hydrogen) atoms. The van der Waals surface area contributed by atoms with Gasteiger partial charge in [-0.3, -0.25) is 9.69 Å². The van der Waals surface area contributed by atoms with Crippen molar-refractivity contribution in [1.82, 2.24) is 9.88 Å². The summed E-state index contributed by atoms with van der Waals surface area (Å²) in [5.74, 6) is 1.50. The minimum atomic E-state index is -0.0667.